The average Bonchev–Trinajstić information content (AvgIpc) is 3.09. The molecule has 0 bridgehead atoms. The van der Waals surface area contributed by atoms with E-state index in [1.807, 2.05) is 55.5 Å². The van der Waals surface area contributed by atoms with Crippen molar-refractivity contribution in [2.24, 2.45) is 0 Å². The van der Waals surface area contributed by atoms with Gasteiger partial charge in [-0.05, 0) is 19.9 Å². The number of hydrogen-bond donors (Lipinski definition) is 0. The summed E-state index contributed by atoms with van der Waals surface area (Å²) in [6.07, 6.45) is 0. The summed E-state index contributed by atoms with van der Waals surface area (Å²) >= 11 is 1.58. The monoisotopic (exact) mass is 348 g/mol. The van der Waals surface area contributed by atoms with Gasteiger partial charge in [-0.2, -0.15) is 4.98 Å². The summed E-state index contributed by atoms with van der Waals surface area (Å²) in [7, 11) is 0. The second-order valence-electron chi connectivity index (χ2n) is 5.76. The number of thioether (sulfide) groups is 1. The lowest BCUT2D eigenvalue weighted by atomic mass is 10.1. The quantitative estimate of drug-likeness (QED) is 0.397. The first-order chi connectivity index (χ1) is 12.2. The maximum absolute atomic E-state index is 5.39. The summed E-state index contributed by atoms with van der Waals surface area (Å²) in [5.41, 5.74) is 3.10. The molecule has 2 aromatic carbocycles. The second kappa shape index (κ2) is 6.64. The Morgan fingerprint density at radius 3 is 2.56 bits per heavy atom. The first kappa shape index (κ1) is 15.8. The van der Waals surface area contributed by atoms with Gasteiger partial charge in [-0.3, -0.25) is 0 Å². The van der Waals surface area contributed by atoms with Crippen molar-refractivity contribution < 1.29 is 4.52 Å². The summed E-state index contributed by atoms with van der Waals surface area (Å²) in [6.45, 7) is 3.95. The van der Waals surface area contributed by atoms with E-state index < -0.39 is 0 Å². The molecule has 0 amide bonds. The lowest BCUT2D eigenvalue weighted by molar-refractivity contribution is 0.391. The summed E-state index contributed by atoms with van der Waals surface area (Å²) in [5.74, 6) is 2.52. The standard InChI is InChI=1S/C19H16N4OS/c1-12-7-9-14(10-8-12)18-22-17(24-23-18)11-25-19-15-5-3-4-6-16(15)20-13(2)21-19/h3-10H,11H2,1-2H3. The average molecular weight is 348 g/mol. The van der Waals surface area contributed by atoms with Gasteiger partial charge < -0.3 is 4.52 Å². The van der Waals surface area contributed by atoms with Crippen molar-refractivity contribution in [2.75, 3.05) is 0 Å². The van der Waals surface area contributed by atoms with E-state index in [9.17, 15) is 0 Å². The van der Waals surface area contributed by atoms with Gasteiger partial charge in [0.15, 0.2) is 0 Å². The van der Waals surface area contributed by atoms with Gasteiger partial charge in [0.1, 0.15) is 10.9 Å². The third kappa shape index (κ3) is 3.39. The maximum atomic E-state index is 5.39. The van der Waals surface area contributed by atoms with E-state index in [1.54, 1.807) is 11.8 Å². The van der Waals surface area contributed by atoms with Crippen LogP contribution in [0.2, 0.25) is 0 Å². The molecule has 0 aliphatic rings. The fraction of sp³-hybridized carbons (Fsp3) is 0.158. The number of benzene rings is 2. The Labute approximate surface area is 149 Å². The molecule has 5 nitrogen and oxygen atoms in total. The Morgan fingerprint density at radius 1 is 0.920 bits per heavy atom. The minimum absolute atomic E-state index is 0.569. The van der Waals surface area contributed by atoms with Gasteiger partial charge in [0.05, 0.1) is 11.3 Å². The van der Waals surface area contributed by atoms with E-state index in [1.165, 1.54) is 5.56 Å². The smallest absolute Gasteiger partial charge is 0.237 e. The molecule has 0 aliphatic carbocycles. The van der Waals surface area contributed by atoms with Crippen molar-refractivity contribution in [2.45, 2.75) is 24.6 Å². The summed E-state index contributed by atoms with van der Waals surface area (Å²) in [5, 5.41) is 6.04. The van der Waals surface area contributed by atoms with Crippen LogP contribution in [-0.4, -0.2) is 20.1 Å². The fourth-order valence-electron chi connectivity index (χ4n) is 2.53. The van der Waals surface area contributed by atoms with Gasteiger partial charge in [0.25, 0.3) is 0 Å². The molecule has 4 rings (SSSR count). The summed E-state index contributed by atoms with van der Waals surface area (Å²) in [6, 6.07) is 16.1. The lowest BCUT2D eigenvalue weighted by Crippen LogP contribution is -1.93. The molecule has 0 N–H and O–H groups in total. The van der Waals surface area contributed by atoms with Crippen molar-refractivity contribution in [3.63, 3.8) is 0 Å². The topological polar surface area (TPSA) is 64.7 Å². The molecule has 0 fully saturated rings. The van der Waals surface area contributed by atoms with Crippen molar-refractivity contribution >= 4 is 22.7 Å². The van der Waals surface area contributed by atoms with Crippen molar-refractivity contribution in [3.05, 3.63) is 65.8 Å². The van der Waals surface area contributed by atoms with Crippen LogP contribution in [0.4, 0.5) is 0 Å². The van der Waals surface area contributed by atoms with E-state index in [0.29, 0.717) is 17.5 Å². The van der Waals surface area contributed by atoms with Crippen molar-refractivity contribution in [1.29, 1.82) is 0 Å². The van der Waals surface area contributed by atoms with Crippen LogP contribution in [0.3, 0.4) is 0 Å². The normalized spacial score (nSPS) is 11.1. The van der Waals surface area contributed by atoms with E-state index in [0.717, 1.165) is 27.3 Å². The number of hydrogen-bond acceptors (Lipinski definition) is 6. The highest BCUT2D eigenvalue weighted by molar-refractivity contribution is 7.98. The molecule has 2 aromatic heterocycles. The van der Waals surface area contributed by atoms with Crippen molar-refractivity contribution in [3.8, 4) is 11.4 Å². The molecule has 0 atom stereocenters. The molecule has 0 radical (unpaired) electrons. The Morgan fingerprint density at radius 2 is 1.72 bits per heavy atom. The number of fused-ring (bicyclic) bond motifs is 1. The molecule has 0 saturated carbocycles. The van der Waals surface area contributed by atoms with E-state index in [-0.39, 0.29) is 0 Å². The largest absolute Gasteiger partial charge is 0.338 e. The minimum Gasteiger partial charge on any atom is -0.338 e. The SMILES string of the molecule is Cc1ccc(-c2noc(CSc3nc(C)nc4ccccc34)n2)cc1. The second-order valence-corrected chi connectivity index (χ2v) is 6.72. The van der Waals surface area contributed by atoms with Gasteiger partial charge in [-0.25, -0.2) is 9.97 Å². The van der Waals surface area contributed by atoms with Crippen molar-refractivity contribution in [1.82, 2.24) is 20.1 Å². The Bertz CT molecular complexity index is 1030. The number of para-hydroxylation sites is 1. The van der Waals surface area contributed by atoms with Crippen LogP contribution in [0.1, 0.15) is 17.3 Å². The Hall–Kier alpha value is -2.73. The van der Waals surface area contributed by atoms with E-state index in [4.69, 9.17) is 4.52 Å². The zero-order valence-corrected chi connectivity index (χ0v) is 14.7. The highest BCUT2D eigenvalue weighted by atomic mass is 32.2. The van der Waals surface area contributed by atoms with Gasteiger partial charge in [0.2, 0.25) is 11.7 Å². The molecule has 0 aliphatic heterocycles. The molecule has 0 unspecified atom stereocenters. The van der Waals surface area contributed by atoms with Crippen LogP contribution in [0, 0.1) is 13.8 Å². The molecular formula is C19H16N4OS. The molecule has 4 aromatic rings. The molecule has 0 saturated heterocycles. The third-order valence-electron chi connectivity index (χ3n) is 3.79. The van der Waals surface area contributed by atoms with Gasteiger partial charge in [-0.15, -0.1) is 0 Å². The first-order valence-corrected chi connectivity index (χ1v) is 8.93. The predicted octanol–water partition coefficient (Wildman–Crippen LogP) is 4.59. The van der Waals surface area contributed by atoms with Crippen LogP contribution in [0.25, 0.3) is 22.3 Å². The molecular weight excluding hydrogens is 332 g/mol. The lowest BCUT2D eigenvalue weighted by Gasteiger charge is -2.04. The Kier molecular flexibility index (Phi) is 4.19. The van der Waals surface area contributed by atoms with Crippen LogP contribution in [0.5, 0.6) is 0 Å². The van der Waals surface area contributed by atoms with Crippen LogP contribution in [-0.2, 0) is 5.75 Å². The summed E-state index contributed by atoms with van der Waals surface area (Å²) < 4.78 is 5.39. The molecule has 25 heavy (non-hydrogen) atoms. The molecule has 0 spiro atoms. The highest BCUT2D eigenvalue weighted by Gasteiger charge is 2.11. The van der Waals surface area contributed by atoms with E-state index in [2.05, 4.69) is 27.0 Å². The van der Waals surface area contributed by atoms with E-state index >= 15 is 0 Å². The Balaban J connectivity index is 1.55. The zero-order valence-electron chi connectivity index (χ0n) is 13.9. The number of aromatic nitrogens is 4. The molecule has 6 heteroatoms. The third-order valence-corrected chi connectivity index (χ3v) is 4.77. The first-order valence-electron chi connectivity index (χ1n) is 7.95. The number of aryl methyl sites for hydroxylation is 2. The predicted molar refractivity (Wildman–Crippen MR) is 98.3 cm³/mol. The van der Waals surface area contributed by atoms with Crippen LogP contribution < -0.4 is 0 Å². The van der Waals surface area contributed by atoms with Gasteiger partial charge in [0, 0.05) is 10.9 Å². The molecule has 124 valence electrons. The van der Waals surface area contributed by atoms with Gasteiger partial charge in [-0.1, -0.05) is 64.9 Å². The molecule has 2 heterocycles. The van der Waals surface area contributed by atoms with Crippen LogP contribution in [0.15, 0.2) is 58.1 Å². The van der Waals surface area contributed by atoms with Crippen LogP contribution >= 0.6 is 11.8 Å². The zero-order chi connectivity index (χ0) is 17.2. The van der Waals surface area contributed by atoms with Gasteiger partial charge >= 0.3 is 0 Å². The highest BCUT2D eigenvalue weighted by Crippen LogP contribution is 2.28. The summed E-state index contributed by atoms with van der Waals surface area (Å²) in [4.78, 5) is 13.5. The minimum atomic E-state index is 0.569. The maximum Gasteiger partial charge on any atom is 0.237 e. The number of nitrogens with zero attached hydrogens (tertiary/aromatic N) is 4. The number of rotatable bonds is 4. The fourth-order valence-corrected chi connectivity index (χ4v) is 3.43.